The predicted octanol–water partition coefficient (Wildman–Crippen LogP) is 1.19. The molecule has 0 radical (unpaired) electrons. The maximum absolute atomic E-state index is 3.44. The molecule has 2 atom stereocenters. The average Bonchev–Trinajstić information content (AvgIpc) is 2.36. The molecule has 0 aromatic carbocycles. The quantitative estimate of drug-likeness (QED) is 0.668. The summed E-state index contributed by atoms with van der Waals surface area (Å²) in [5.41, 5.74) is 6.42. The Labute approximate surface area is 86.7 Å². The lowest BCUT2D eigenvalue weighted by Gasteiger charge is -2.35. The Morgan fingerprint density at radius 1 is 1.36 bits per heavy atom. The SMILES string of the molecule is CC1=C(NN(C)C)CC2CCC1N2C. The topological polar surface area (TPSA) is 18.5 Å². The molecule has 2 rings (SSSR count). The fourth-order valence-corrected chi connectivity index (χ4v) is 2.78. The van der Waals surface area contributed by atoms with Crippen molar-refractivity contribution in [1.82, 2.24) is 15.3 Å². The van der Waals surface area contributed by atoms with Crippen molar-refractivity contribution in [1.29, 1.82) is 0 Å². The van der Waals surface area contributed by atoms with E-state index in [2.05, 4.69) is 38.4 Å². The number of nitrogens with one attached hydrogen (secondary N) is 1. The van der Waals surface area contributed by atoms with Gasteiger partial charge in [-0.3, -0.25) is 4.90 Å². The highest BCUT2D eigenvalue weighted by molar-refractivity contribution is 5.24. The van der Waals surface area contributed by atoms with Crippen LogP contribution in [-0.2, 0) is 0 Å². The monoisotopic (exact) mass is 195 g/mol. The van der Waals surface area contributed by atoms with Crippen molar-refractivity contribution in [3.8, 4) is 0 Å². The molecule has 1 fully saturated rings. The largest absolute Gasteiger partial charge is 0.323 e. The Balaban J connectivity index is 2.17. The van der Waals surface area contributed by atoms with Crippen LogP contribution in [0.5, 0.6) is 0 Å². The highest BCUT2D eigenvalue weighted by Crippen LogP contribution is 2.36. The highest BCUT2D eigenvalue weighted by atomic mass is 15.5. The van der Waals surface area contributed by atoms with Gasteiger partial charge in [0, 0.05) is 38.3 Å². The van der Waals surface area contributed by atoms with E-state index >= 15 is 0 Å². The fourth-order valence-electron chi connectivity index (χ4n) is 2.78. The van der Waals surface area contributed by atoms with E-state index in [1.807, 2.05) is 5.01 Å². The summed E-state index contributed by atoms with van der Waals surface area (Å²) in [6, 6.07) is 1.46. The summed E-state index contributed by atoms with van der Waals surface area (Å²) in [5.74, 6) is 0. The predicted molar refractivity (Wildman–Crippen MR) is 58.7 cm³/mol. The molecule has 2 bridgehead atoms. The standard InChI is InChI=1S/C11H21N3/c1-8-10(12-13(2)3)7-9-5-6-11(8)14(9)4/h9,11-12H,5-7H2,1-4H3. The second-order valence-electron chi connectivity index (χ2n) is 4.78. The Morgan fingerprint density at radius 3 is 2.71 bits per heavy atom. The van der Waals surface area contributed by atoms with Crippen LogP contribution in [0.25, 0.3) is 0 Å². The van der Waals surface area contributed by atoms with Gasteiger partial charge in [0.25, 0.3) is 0 Å². The van der Waals surface area contributed by atoms with E-state index < -0.39 is 0 Å². The Hall–Kier alpha value is -0.540. The van der Waals surface area contributed by atoms with Crippen LogP contribution in [0, 0.1) is 0 Å². The molecule has 2 unspecified atom stereocenters. The van der Waals surface area contributed by atoms with Crippen LogP contribution in [0.15, 0.2) is 11.3 Å². The maximum atomic E-state index is 3.44. The van der Waals surface area contributed by atoms with Crippen molar-refractivity contribution in [3.63, 3.8) is 0 Å². The minimum absolute atomic E-state index is 0.691. The van der Waals surface area contributed by atoms with Gasteiger partial charge in [-0.1, -0.05) is 0 Å². The van der Waals surface area contributed by atoms with Gasteiger partial charge < -0.3 is 5.43 Å². The van der Waals surface area contributed by atoms with E-state index in [9.17, 15) is 0 Å². The van der Waals surface area contributed by atoms with E-state index in [1.165, 1.54) is 30.5 Å². The molecule has 0 amide bonds. The molecule has 14 heavy (non-hydrogen) atoms. The normalized spacial score (nSPS) is 32.9. The molecule has 1 saturated heterocycles. The zero-order chi connectivity index (χ0) is 10.3. The van der Waals surface area contributed by atoms with E-state index in [-0.39, 0.29) is 0 Å². The third kappa shape index (κ3) is 1.55. The minimum Gasteiger partial charge on any atom is -0.323 e. The summed E-state index contributed by atoms with van der Waals surface area (Å²) in [6.07, 6.45) is 3.89. The van der Waals surface area contributed by atoms with Gasteiger partial charge >= 0.3 is 0 Å². The van der Waals surface area contributed by atoms with Crippen molar-refractivity contribution in [2.75, 3.05) is 21.1 Å². The van der Waals surface area contributed by atoms with Crippen molar-refractivity contribution in [3.05, 3.63) is 11.3 Å². The fraction of sp³-hybridized carbons (Fsp3) is 0.818. The smallest absolute Gasteiger partial charge is 0.0325 e. The van der Waals surface area contributed by atoms with E-state index in [0.29, 0.717) is 6.04 Å². The summed E-state index contributed by atoms with van der Waals surface area (Å²) in [6.45, 7) is 2.27. The number of fused-ring (bicyclic) bond motifs is 2. The van der Waals surface area contributed by atoms with E-state index in [4.69, 9.17) is 0 Å². The first-order chi connectivity index (χ1) is 6.59. The molecule has 2 aliphatic rings. The minimum atomic E-state index is 0.691. The molecule has 0 aromatic rings. The van der Waals surface area contributed by atoms with Crippen LogP contribution in [0.3, 0.4) is 0 Å². The van der Waals surface area contributed by atoms with Crippen LogP contribution >= 0.6 is 0 Å². The third-order valence-electron chi connectivity index (χ3n) is 3.62. The van der Waals surface area contributed by atoms with Gasteiger partial charge in [-0.25, -0.2) is 5.01 Å². The van der Waals surface area contributed by atoms with Crippen LogP contribution in [0.1, 0.15) is 26.2 Å². The zero-order valence-corrected chi connectivity index (χ0v) is 9.67. The van der Waals surface area contributed by atoms with Crippen molar-refractivity contribution >= 4 is 0 Å². The Bertz CT molecular complexity index is 257. The lowest BCUT2D eigenvalue weighted by Crippen LogP contribution is -2.42. The molecule has 2 aliphatic heterocycles. The number of hydrogen-bond acceptors (Lipinski definition) is 3. The van der Waals surface area contributed by atoms with Gasteiger partial charge in [-0.15, -0.1) is 0 Å². The van der Waals surface area contributed by atoms with Gasteiger partial charge in [0.2, 0.25) is 0 Å². The lowest BCUT2D eigenvalue weighted by molar-refractivity contribution is 0.220. The van der Waals surface area contributed by atoms with Crippen LogP contribution in [0.4, 0.5) is 0 Å². The third-order valence-corrected chi connectivity index (χ3v) is 3.62. The Morgan fingerprint density at radius 2 is 2.07 bits per heavy atom. The van der Waals surface area contributed by atoms with Crippen molar-refractivity contribution < 1.29 is 0 Å². The molecule has 3 heteroatoms. The molecule has 2 heterocycles. The first-order valence-corrected chi connectivity index (χ1v) is 5.45. The van der Waals surface area contributed by atoms with E-state index in [0.717, 1.165) is 6.04 Å². The Kier molecular flexibility index (Phi) is 2.54. The number of likely N-dealkylation sites (N-methyl/N-ethyl adjacent to an activating group) is 1. The van der Waals surface area contributed by atoms with Gasteiger partial charge in [0.15, 0.2) is 0 Å². The molecule has 0 saturated carbocycles. The van der Waals surface area contributed by atoms with Crippen LogP contribution < -0.4 is 5.43 Å². The lowest BCUT2D eigenvalue weighted by atomic mass is 10.0. The highest BCUT2D eigenvalue weighted by Gasteiger charge is 2.37. The van der Waals surface area contributed by atoms with Crippen molar-refractivity contribution in [2.24, 2.45) is 0 Å². The van der Waals surface area contributed by atoms with Gasteiger partial charge in [-0.2, -0.15) is 0 Å². The molecule has 1 N–H and O–H groups in total. The molecule has 0 aliphatic carbocycles. The van der Waals surface area contributed by atoms with E-state index in [1.54, 1.807) is 0 Å². The molecular formula is C11H21N3. The first kappa shape index (κ1) is 9.99. The number of hydrogen-bond donors (Lipinski definition) is 1. The summed E-state index contributed by atoms with van der Waals surface area (Å²) in [5, 5.41) is 2.05. The second-order valence-corrected chi connectivity index (χ2v) is 4.78. The summed E-state index contributed by atoms with van der Waals surface area (Å²) in [7, 11) is 6.37. The number of rotatable bonds is 2. The molecule has 80 valence electrons. The van der Waals surface area contributed by atoms with Gasteiger partial charge in [0.1, 0.15) is 0 Å². The second kappa shape index (κ2) is 3.55. The zero-order valence-electron chi connectivity index (χ0n) is 9.67. The molecular weight excluding hydrogens is 174 g/mol. The average molecular weight is 195 g/mol. The molecule has 0 spiro atoms. The molecule has 3 nitrogen and oxygen atoms in total. The maximum Gasteiger partial charge on any atom is 0.0325 e. The molecule has 0 aromatic heterocycles. The summed E-state index contributed by atoms with van der Waals surface area (Å²) in [4.78, 5) is 2.54. The van der Waals surface area contributed by atoms with Gasteiger partial charge in [-0.05, 0) is 32.4 Å². The number of hydrazine groups is 1. The number of nitrogens with zero attached hydrogens (tertiary/aromatic N) is 2. The summed E-state index contributed by atoms with van der Waals surface area (Å²) < 4.78 is 0. The van der Waals surface area contributed by atoms with Crippen LogP contribution in [-0.4, -0.2) is 43.1 Å². The summed E-state index contributed by atoms with van der Waals surface area (Å²) >= 11 is 0. The van der Waals surface area contributed by atoms with Gasteiger partial charge in [0.05, 0.1) is 0 Å². The van der Waals surface area contributed by atoms with Crippen LogP contribution in [0.2, 0.25) is 0 Å². The van der Waals surface area contributed by atoms with Crippen molar-refractivity contribution in [2.45, 2.75) is 38.3 Å². The first-order valence-electron chi connectivity index (χ1n) is 5.45.